The number of rotatable bonds is 6. The molecule has 0 aliphatic heterocycles. The van der Waals surface area contributed by atoms with Crippen LogP contribution in [0, 0.1) is 10.1 Å². The summed E-state index contributed by atoms with van der Waals surface area (Å²) < 4.78 is 5.49. The number of hydrogen-bond acceptors (Lipinski definition) is 8. The number of amides is 1. The fraction of sp³-hybridized carbons (Fsp3) is 0.111. The van der Waals surface area contributed by atoms with Crippen LogP contribution in [-0.2, 0) is 16.0 Å². The Bertz CT molecular complexity index is 1020. The Kier molecular flexibility index (Phi) is 5.80. The molecule has 0 fully saturated rings. The molecular weight excluding hydrogens is 384 g/mol. The molecule has 3 rings (SSSR count). The highest BCUT2D eigenvalue weighted by Crippen LogP contribution is 2.25. The van der Waals surface area contributed by atoms with Crippen molar-refractivity contribution in [1.29, 1.82) is 0 Å². The van der Waals surface area contributed by atoms with Gasteiger partial charge >= 0.3 is 0 Å². The second-order valence-corrected chi connectivity index (χ2v) is 6.71. The zero-order valence-electron chi connectivity index (χ0n) is 14.6. The highest BCUT2D eigenvalue weighted by Gasteiger charge is 2.15. The Balaban J connectivity index is 1.61. The third-order valence-electron chi connectivity index (χ3n) is 3.56. The topological polar surface area (TPSA) is 128 Å². The van der Waals surface area contributed by atoms with Crippen molar-refractivity contribution in [2.75, 3.05) is 5.32 Å². The zero-order valence-corrected chi connectivity index (χ0v) is 15.4. The standard InChI is InChI=1S/C18H14N4O5S/c1-11(23)19-14-6-4-13(5-7-14)17-20-21-18(27-17)28-16(24)10-12-2-8-15(9-3-12)22(25)26/h2-9H,10H2,1H3,(H,19,23). The van der Waals surface area contributed by atoms with E-state index in [1.165, 1.54) is 31.2 Å². The van der Waals surface area contributed by atoms with Gasteiger partial charge in [0.1, 0.15) is 0 Å². The normalized spacial score (nSPS) is 10.5. The molecule has 1 heterocycles. The molecule has 1 N–H and O–H groups in total. The minimum atomic E-state index is -0.497. The van der Waals surface area contributed by atoms with Crippen molar-refractivity contribution in [1.82, 2.24) is 10.2 Å². The lowest BCUT2D eigenvalue weighted by molar-refractivity contribution is -0.384. The van der Waals surface area contributed by atoms with Gasteiger partial charge in [0, 0.05) is 48.5 Å². The molecule has 0 aliphatic carbocycles. The number of nitrogens with zero attached hydrogens (tertiary/aromatic N) is 3. The molecule has 1 amide bonds. The van der Waals surface area contributed by atoms with E-state index in [1.54, 1.807) is 24.3 Å². The molecule has 0 aliphatic rings. The average Bonchev–Trinajstić information content (AvgIpc) is 3.10. The Morgan fingerprint density at radius 1 is 1.11 bits per heavy atom. The van der Waals surface area contributed by atoms with Crippen LogP contribution in [0.1, 0.15) is 12.5 Å². The Labute approximate surface area is 163 Å². The van der Waals surface area contributed by atoms with Gasteiger partial charge in [-0.3, -0.25) is 19.7 Å². The first-order valence-electron chi connectivity index (χ1n) is 8.06. The quantitative estimate of drug-likeness (QED) is 0.380. The van der Waals surface area contributed by atoms with Crippen molar-refractivity contribution in [3.63, 3.8) is 0 Å². The fourth-order valence-electron chi connectivity index (χ4n) is 2.30. The van der Waals surface area contributed by atoms with Gasteiger partial charge in [-0.05, 0) is 29.8 Å². The van der Waals surface area contributed by atoms with E-state index >= 15 is 0 Å². The summed E-state index contributed by atoms with van der Waals surface area (Å²) in [4.78, 5) is 33.3. The summed E-state index contributed by atoms with van der Waals surface area (Å²) in [6, 6.07) is 12.6. The first-order valence-corrected chi connectivity index (χ1v) is 8.88. The van der Waals surface area contributed by atoms with E-state index in [9.17, 15) is 19.7 Å². The highest BCUT2D eigenvalue weighted by molar-refractivity contribution is 8.13. The number of carbonyl (C=O) groups is 2. The molecule has 0 bridgehead atoms. The first kappa shape index (κ1) is 19.2. The summed E-state index contributed by atoms with van der Waals surface area (Å²) in [5.74, 6) is 0.0794. The maximum Gasteiger partial charge on any atom is 0.284 e. The van der Waals surface area contributed by atoms with Crippen molar-refractivity contribution in [2.24, 2.45) is 0 Å². The lowest BCUT2D eigenvalue weighted by atomic mass is 10.1. The molecule has 1 aromatic heterocycles. The van der Waals surface area contributed by atoms with Crippen molar-refractivity contribution < 1.29 is 18.9 Å². The van der Waals surface area contributed by atoms with Gasteiger partial charge < -0.3 is 9.73 Å². The molecule has 0 atom stereocenters. The van der Waals surface area contributed by atoms with Gasteiger partial charge in [0.25, 0.3) is 10.9 Å². The third kappa shape index (κ3) is 5.01. The first-order chi connectivity index (χ1) is 13.4. The van der Waals surface area contributed by atoms with Gasteiger partial charge in [0.05, 0.1) is 4.92 Å². The predicted octanol–water partition coefficient (Wildman–Crippen LogP) is 3.46. The monoisotopic (exact) mass is 398 g/mol. The smallest absolute Gasteiger partial charge is 0.284 e. The molecule has 0 saturated carbocycles. The number of nitro benzene ring substituents is 1. The van der Waals surface area contributed by atoms with Crippen LogP contribution < -0.4 is 5.32 Å². The predicted molar refractivity (Wildman–Crippen MR) is 102 cm³/mol. The van der Waals surface area contributed by atoms with E-state index in [0.29, 0.717) is 16.8 Å². The molecule has 2 aromatic carbocycles. The van der Waals surface area contributed by atoms with Crippen LogP contribution in [0.3, 0.4) is 0 Å². The number of benzene rings is 2. The summed E-state index contributed by atoms with van der Waals surface area (Å²) in [6.07, 6.45) is 0.0752. The third-order valence-corrected chi connectivity index (χ3v) is 4.27. The minimum absolute atomic E-state index is 0.0325. The van der Waals surface area contributed by atoms with Crippen molar-refractivity contribution in [3.8, 4) is 11.5 Å². The van der Waals surface area contributed by atoms with E-state index in [0.717, 1.165) is 11.8 Å². The molecule has 3 aromatic rings. The average molecular weight is 398 g/mol. The Morgan fingerprint density at radius 3 is 2.39 bits per heavy atom. The second-order valence-electron chi connectivity index (χ2n) is 5.71. The highest BCUT2D eigenvalue weighted by atomic mass is 32.2. The fourth-order valence-corrected chi connectivity index (χ4v) is 2.94. The van der Waals surface area contributed by atoms with Crippen LogP contribution in [0.5, 0.6) is 0 Å². The maximum absolute atomic E-state index is 12.2. The number of non-ortho nitro benzene ring substituents is 1. The molecule has 142 valence electrons. The summed E-state index contributed by atoms with van der Waals surface area (Å²) >= 11 is 0.806. The van der Waals surface area contributed by atoms with Gasteiger partial charge in [-0.2, -0.15) is 0 Å². The summed E-state index contributed by atoms with van der Waals surface area (Å²) in [7, 11) is 0. The number of hydrogen-bond donors (Lipinski definition) is 1. The van der Waals surface area contributed by atoms with Crippen LogP contribution in [-0.4, -0.2) is 26.1 Å². The van der Waals surface area contributed by atoms with Crippen molar-refractivity contribution in [3.05, 3.63) is 64.2 Å². The lowest BCUT2D eigenvalue weighted by Gasteiger charge is -2.01. The molecule has 0 spiro atoms. The number of nitro groups is 1. The SMILES string of the molecule is CC(=O)Nc1ccc(-c2nnc(SC(=O)Cc3ccc([N+](=O)[O-])cc3)o2)cc1. The molecule has 28 heavy (non-hydrogen) atoms. The largest absolute Gasteiger partial charge is 0.411 e. The Hall–Kier alpha value is -3.53. The molecule has 0 radical (unpaired) electrons. The van der Waals surface area contributed by atoms with E-state index < -0.39 is 4.92 Å². The van der Waals surface area contributed by atoms with Gasteiger partial charge in [-0.25, -0.2) is 0 Å². The van der Waals surface area contributed by atoms with E-state index in [2.05, 4.69) is 15.5 Å². The van der Waals surface area contributed by atoms with E-state index in [-0.39, 0.29) is 34.2 Å². The minimum Gasteiger partial charge on any atom is -0.411 e. The molecule has 0 unspecified atom stereocenters. The van der Waals surface area contributed by atoms with Crippen molar-refractivity contribution in [2.45, 2.75) is 18.6 Å². The van der Waals surface area contributed by atoms with Crippen LogP contribution in [0.25, 0.3) is 11.5 Å². The molecular formula is C18H14N4O5S. The van der Waals surface area contributed by atoms with Crippen LogP contribution in [0.2, 0.25) is 0 Å². The maximum atomic E-state index is 12.2. The summed E-state index contributed by atoms with van der Waals surface area (Å²) in [6.45, 7) is 1.42. The van der Waals surface area contributed by atoms with Gasteiger partial charge in [-0.15, -0.1) is 10.2 Å². The van der Waals surface area contributed by atoms with E-state index in [4.69, 9.17) is 4.42 Å². The number of nitrogens with one attached hydrogen (secondary N) is 1. The number of anilines is 1. The van der Waals surface area contributed by atoms with Crippen molar-refractivity contribution >= 4 is 34.2 Å². The summed E-state index contributed by atoms with van der Waals surface area (Å²) in [5.41, 5.74) is 1.91. The number of carbonyl (C=O) groups excluding carboxylic acids is 2. The molecule has 10 heteroatoms. The van der Waals surface area contributed by atoms with Gasteiger partial charge in [0.2, 0.25) is 16.9 Å². The van der Waals surface area contributed by atoms with Gasteiger partial charge in [0.15, 0.2) is 0 Å². The number of aromatic nitrogens is 2. The molecule has 9 nitrogen and oxygen atoms in total. The van der Waals surface area contributed by atoms with Crippen LogP contribution >= 0.6 is 11.8 Å². The van der Waals surface area contributed by atoms with Gasteiger partial charge in [-0.1, -0.05) is 12.1 Å². The van der Waals surface area contributed by atoms with E-state index in [1.807, 2.05) is 0 Å². The van der Waals surface area contributed by atoms with Crippen LogP contribution in [0.15, 0.2) is 58.2 Å². The summed E-state index contributed by atoms with van der Waals surface area (Å²) in [5, 5.41) is 20.9. The number of thioether (sulfide) groups is 1. The molecule has 0 saturated heterocycles. The zero-order chi connectivity index (χ0) is 20.1. The Morgan fingerprint density at radius 2 is 1.79 bits per heavy atom. The second kappa shape index (κ2) is 8.44. The van der Waals surface area contributed by atoms with Crippen LogP contribution in [0.4, 0.5) is 11.4 Å². The lowest BCUT2D eigenvalue weighted by Crippen LogP contribution is -2.05.